The highest BCUT2D eigenvalue weighted by molar-refractivity contribution is 5.92. The molecule has 0 fully saturated rings. The van der Waals surface area contributed by atoms with Gasteiger partial charge in [-0.25, -0.2) is 14.8 Å². The zero-order valence-electron chi connectivity index (χ0n) is 19.7. The Balaban J connectivity index is 1.63. The highest BCUT2D eigenvalue weighted by atomic mass is 16.4. The van der Waals surface area contributed by atoms with Gasteiger partial charge in [-0.3, -0.25) is 14.4 Å². The Hall–Kier alpha value is -4.72. The zero-order valence-corrected chi connectivity index (χ0v) is 19.7. The minimum atomic E-state index is -1.28. The van der Waals surface area contributed by atoms with Gasteiger partial charge in [0, 0.05) is 43.0 Å². The van der Waals surface area contributed by atoms with E-state index in [-0.39, 0.29) is 25.0 Å². The molecule has 0 aliphatic carbocycles. The van der Waals surface area contributed by atoms with Gasteiger partial charge in [0.05, 0.1) is 25.2 Å². The Bertz CT molecular complexity index is 1180. The number of aliphatic carboxylic acids is 1. The molecule has 9 N–H and O–H groups in total. The molecule has 0 aliphatic rings. The number of hydrogen-bond acceptors (Lipinski definition) is 8. The number of nitrogens with zero attached hydrogens (tertiary/aromatic N) is 2. The molecule has 196 valence electrons. The Morgan fingerprint density at radius 3 is 2.05 bits per heavy atom. The lowest BCUT2D eigenvalue weighted by atomic mass is 10.0. The summed E-state index contributed by atoms with van der Waals surface area (Å²) in [6.45, 7) is -0.453. The minimum absolute atomic E-state index is 0.00152. The van der Waals surface area contributed by atoms with Crippen LogP contribution in [0.5, 0.6) is 5.75 Å². The number of aromatic amines is 2. The van der Waals surface area contributed by atoms with Crippen LogP contribution in [-0.2, 0) is 38.4 Å². The number of hydrogen-bond donors (Lipinski definition) is 8. The molecule has 0 bridgehead atoms. The van der Waals surface area contributed by atoms with Crippen LogP contribution in [0.2, 0.25) is 0 Å². The number of phenols is 1. The van der Waals surface area contributed by atoms with Crippen LogP contribution in [0.1, 0.15) is 17.0 Å². The first-order chi connectivity index (χ1) is 17.7. The molecule has 0 spiro atoms. The summed E-state index contributed by atoms with van der Waals surface area (Å²) in [4.78, 5) is 62.9. The van der Waals surface area contributed by atoms with Gasteiger partial charge < -0.3 is 41.9 Å². The number of H-pyrrole nitrogens is 2. The molecule has 14 nitrogen and oxygen atoms in total. The van der Waals surface area contributed by atoms with E-state index in [2.05, 4.69) is 35.9 Å². The molecule has 2 heterocycles. The molecule has 0 saturated carbocycles. The summed E-state index contributed by atoms with van der Waals surface area (Å²) in [5, 5.41) is 26.5. The number of carbonyl (C=O) groups is 4. The third-order valence-electron chi connectivity index (χ3n) is 5.38. The van der Waals surface area contributed by atoms with Crippen molar-refractivity contribution in [3.05, 3.63) is 66.3 Å². The normalized spacial score (nSPS) is 13.2. The minimum Gasteiger partial charge on any atom is -0.508 e. The summed E-state index contributed by atoms with van der Waals surface area (Å²) in [5.41, 5.74) is 7.61. The molecule has 3 unspecified atom stereocenters. The molecule has 3 atom stereocenters. The molecule has 0 saturated heterocycles. The van der Waals surface area contributed by atoms with Crippen LogP contribution in [0.25, 0.3) is 0 Å². The molecule has 3 amide bonds. The first kappa shape index (κ1) is 26.9. The summed E-state index contributed by atoms with van der Waals surface area (Å²) >= 11 is 0. The Kier molecular flexibility index (Phi) is 9.32. The van der Waals surface area contributed by atoms with Crippen LogP contribution in [0.3, 0.4) is 0 Å². The van der Waals surface area contributed by atoms with Crippen LogP contribution < -0.4 is 21.7 Å². The number of benzene rings is 1. The zero-order chi connectivity index (χ0) is 26.8. The second-order valence-electron chi connectivity index (χ2n) is 8.28. The van der Waals surface area contributed by atoms with Gasteiger partial charge >= 0.3 is 5.97 Å². The van der Waals surface area contributed by atoms with Crippen molar-refractivity contribution in [3.63, 3.8) is 0 Å². The lowest BCUT2D eigenvalue weighted by molar-refractivity contribution is -0.142. The summed E-state index contributed by atoms with van der Waals surface area (Å²) in [7, 11) is 0. The van der Waals surface area contributed by atoms with E-state index in [9.17, 15) is 29.4 Å². The van der Waals surface area contributed by atoms with E-state index in [1.807, 2.05) is 0 Å². The third-order valence-corrected chi connectivity index (χ3v) is 5.38. The monoisotopic (exact) mass is 512 g/mol. The van der Waals surface area contributed by atoms with Gasteiger partial charge in [-0.05, 0) is 17.7 Å². The number of imidazole rings is 2. The molecule has 1 aromatic carbocycles. The largest absolute Gasteiger partial charge is 0.508 e. The number of nitrogens with two attached hydrogens (primary N) is 1. The molecule has 0 aliphatic heterocycles. The predicted octanol–water partition coefficient (Wildman–Crippen LogP) is -1.64. The first-order valence-corrected chi connectivity index (χ1v) is 11.3. The van der Waals surface area contributed by atoms with E-state index in [0.717, 1.165) is 0 Å². The van der Waals surface area contributed by atoms with Gasteiger partial charge in [0.2, 0.25) is 17.7 Å². The van der Waals surface area contributed by atoms with Gasteiger partial charge in [-0.2, -0.15) is 0 Å². The van der Waals surface area contributed by atoms with Crippen molar-refractivity contribution in [1.29, 1.82) is 0 Å². The van der Waals surface area contributed by atoms with E-state index < -0.39 is 48.4 Å². The standard InChI is InChI=1S/C23H28N8O6/c24-17(6-14-8-25-11-28-14)21(34)27-10-20(33)30-18(5-13-1-3-16(32)4-2-13)22(35)31-19(23(36)37)7-15-9-26-12-29-15/h1-4,8-9,11-12,17-19,32H,5-7,10,24H2,(H,25,28)(H,26,29)(H,27,34)(H,30,33)(H,31,35)(H,36,37). The number of carboxylic acid groups (broad SMARTS) is 1. The molecule has 3 rings (SSSR count). The van der Waals surface area contributed by atoms with E-state index in [0.29, 0.717) is 17.0 Å². The number of aromatic hydroxyl groups is 1. The fraction of sp³-hybridized carbons (Fsp3) is 0.304. The highest BCUT2D eigenvalue weighted by Gasteiger charge is 2.28. The second kappa shape index (κ2) is 12.8. The van der Waals surface area contributed by atoms with Crippen molar-refractivity contribution in [2.24, 2.45) is 5.73 Å². The number of aromatic nitrogens is 4. The maximum Gasteiger partial charge on any atom is 0.326 e. The number of amides is 3. The van der Waals surface area contributed by atoms with Crippen molar-refractivity contribution >= 4 is 23.7 Å². The first-order valence-electron chi connectivity index (χ1n) is 11.3. The molecule has 37 heavy (non-hydrogen) atoms. The number of carbonyl (C=O) groups excluding carboxylic acids is 3. The maximum absolute atomic E-state index is 13.0. The van der Waals surface area contributed by atoms with Crippen molar-refractivity contribution in [1.82, 2.24) is 35.9 Å². The summed E-state index contributed by atoms with van der Waals surface area (Å²) < 4.78 is 0. The van der Waals surface area contributed by atoms with Gasteiger partial charge in [-0.1, -0.05) is 12.1 Å². The van der Waals surface area contributed by atoms with Gasteiger partial charge in [0.1, 0.15) is 17.8 Å². The van der Waals surface area contributed by atoms with Gasteiger partial charge in [0.25, 0.3) is 0 Å². The quantitative estimate of drug-likeness (QED) is 0.131. The molecular weight excluding hydrogens is 484 g/mol. The molecular formula is C23H28N8O6. The van der Waals surface area contributed by atoms with Crippen molar-refractivity contribution < 1.29 is 29.4 Å². The van der Waals surface area contributed by atoms with E-state index >= 15 is 0 Å². The number of phenolic OH excluding ortho intramolecular Hbond substituents is 1. The smallest absolute Gasteiger partial charge is 0.326 e. The van der Waals surface area contributed by atoms with Crippen molar-refractivity contribution in [3.8, 4) is 5.75 Å². The van der Waals surface area contributed by atoms with Crippen molar-refractivity contribution in [2.75, 3.05) is 6.54 Å². The van der Waals surface area contributed by atoms with Gasteiger partial charge in [-0.15, -0.1) is 0 Å². The molecule has 3 aromatic rings. The maximum atomic E-state index is 13.0. The molecule has 2 aromatic heterocycles. The van der Waals surface area contributed by atoms with Crippen LogP contribution in [-0.4, -0.2) is 78.5 Å². The number of carboxylic acids is 1. The lowest BCUT2D eigenvalue weighted by Gasteiger charge is -2.22. The third kappa shape index (κ3) is 8.47. The lowest BCUT2D eigenvalue weighted by Crippen LogP contribution is -2.55. The average Bonchev–Trinajstić information content (AvgIpc) is 3.57. The summed E-state index contributed by atoms with van der Waals surface area (Å²) in [6, 6.07) is 2.60. The van der Waals surface area contributed by atoms with E-state index in [1.54, 1.807) is 12.1 Å². The van der Waals surface area contributed by atoms with Crippen LogP contribution >= 0.6 is 0 Å². The van der Waals surface area contributed by atoms with Crippen LogP contribution in [0.4, 0.5) is 0 Å². The Labute approximate surface area is 211 Å². The molecule has 14 heteroatoms. The predicted molar refractivity (Wildman–Crippen MR) is 129 cm³/mol. The van der Waals surface area contributed by atoms with Crippen LogP contribution in [0, 0.1) is 0 Å². The molecule has 0 radical (unpaired) electrons. The Morgan fingerprint density at radius 2 is 1.49 bits per heavy atom. The van der Waals surface area contributed by atoms with Crippen molar-refractivity contribution in [2.45, 2.75) is 37.4 Å². The highest BCUT2D eigenvalue weighted by Crippen LogP contribution is 2.12. The SMILES string of the molecule is NC(Cc1cnc[nH]1)C(=O)NCC(=O)NC(Cc1ccc(O)cc1)C(=O)NC(Cc1cnc[nH]1)C(=O)O. The summed E-state index contributed by atoms with van der Waals surface area (Å²) in [5.74, 6) is -3.24. The average molecular weight is 513 g/mol. The van der Waals surface area contributed by atoms with Crippen LogP contribution in [0.15, 0.2) is 49.3 Å². The fourth-order valence-electron chi connectivity index (χ4n) is 3.44. The fourth-order valence-corrected chi connectivity index (χ4v) is 3.44. The number of rotatable bonds is 13. The Morgan fingerprint density at radius 1 is 0.865 bits per heavy atom. The van der Waals surface area contributed by atoms with E-state index in [1.165, 1.54) is 37.2 Å². The van der Waals surface area contributed by atoms with E-state index in [4.69, 9.17) is 5.73 Å². The van der Waals surface area contributed by atoms with Gasteiger partial charge in [0.15, 0.2) is 0 Å². The summed E-state index contributed by atoms with van der Waals surface area (Å²) in [6.07, 6.45) is 5.95. The topological polar surface area (TPSA) is 228 Å². The second-order valence-corrected chi connectivity index (χ2v) is 8.28. The number of nitrogens with one attached hydrogen (secondary N) is 5.